The van der Waals surface area contributed by atoms with Crippen LogP contribution in [-0.2, 0) is 0 Å². The fraction of sp³-hybridized carbons (Fsp3) is 0. The van der Waals surface area contributed by atoms with Gasteiger partial charge < -0.3 is 0 Å². The van der Waals surface area contributed by atoms with Gasteiger partial charge in [-0.1, -0.05) is 97.1 Å². The first kappa shape index (κ1) is 15.7. The number of para-hydroxylation sites is 1. The van der Waals surface area contributed by atoms with Crippen LogP contribution < -0.4 is 0 Å². The molecule has 0 radical (unpaired) electrons. The van der Waals surface area contributed by atoms with E-state index in [1.165, 1.54) is 10.9 Å². The van der Waals surface area contributed by atoms with Gasteiger partial charge in [-0.05, 0) is 23.8 Å². The van der Waals surface area contributed by atoms with Crippen LogP contribution in [0.4, 0.5) is 0 Å². The molecule has 3 aromatic rings. The minimum Gasteiger partial charge on any atom is -0.248 e. The summed E-state index contributed by atoms with van der Waals surface area (Å²) in [6.45, 7) is 0. The van der Waals surface area contributed by atoms with E-state index < -0.39 is 0 Å². The first-order chi connectivity index (χ1) is 11.9. The van der Waals surface area contributed by atoms with Gasteiger partial charge in [-0.15, -0.1) is 0 Å². The lowest BCUT2D eigenvalue weighted by molar-refractivity contribution is 1.37. The molecule has 0 amide bonds. The minimum absolute atomic E-state index is 0.964. The maximum absolute atomic E-state index is 4.61. The van der Waals surface area contributed by atoms with Gasteiger partial charge in [-0.2, -0.15) is 0 Å². The highest BCUT2D eigenvalue weighted by molar-refractivity contribution is 5.79. The average molecular weight is 309 g/mol. The van der Waals surface area contributed by atoms with Gasteiger partial charge in [0.25, 0.3) is 0 Å². The molecule has 24 heavy (non-hydrogen) atoms. The van der Waals surface area contributed by atoms with Crippen molar-refractivity contribution < 1.29 is 0 Å². The summed E-state index contributed by atoms with van der Waals surface area (Å²) < 4.78 is 0. The van der Waals surface area contributed by atoms with Crippen molar-refractivity contribution in [1.29, 1.82) is 0 Å². The Hall–Kier alpha value is -3.19. The molecular weight excluding hydrogens is 290 g/mol. The Labute approximate surface area is 143 Å². The molecule has 0 bridgehead atoms. The van der Waals surface area contributed by atoms with Crippen LogP contribution in [0.25, 0.3) is 23.1 Å². The van der Waals surface area contributed by atoms with Gasteiger partial charge in [-0.25, -0.2) is 4.98 Å². The van der Waals surface area contributed by atoms with E-state index in [-0.39, 0.29) is 0 Å². The Morgan fingerprint density at radius 1 is 0.542 bits per heavy atom. The second-order valence-corrected chi connectivity index (χ2v) is 5.33. The topological polar surface area (TPSA) is 12.9 Å². The predicted octanol–water partition coefficient (Wildman–Crippen LogP) is 6.07. The Kier molecular flexibility index (Phi) is 5.52. The van der Waals surface area contributed by atoms with E-state index in [4.69, 9.17) is 0 Å². The molecule has 1 heteroatoms. The highest BCUT2D eigenvalue weighted by Gasteiger charge is 1.93. The second kappa shape index (κ2) is 8.44. The molecule has 0 N–H and O–H groups in total. The van der Waals surface area contributed by atoms with Crippen LogP contribution in [-0.4, -0.2) is 4.98 Å². The maximum atomic E-state index is 4.61. The molecule has 2 aromatic carbocycles. The maximum Gasteiger partial charge on any atom is 0.0709 e. The van der Waals surface area contributed by atoms with Gasteiger partial charge in [0.15, 0.2) is 0 Å². The van der Waals surface area contributed by atoms with Crippen LogP contribution in [0.15, 0.2) is 103 Å². The van der Waals surface area contributed by atoms with Crippen molar-refractivity contribution in [3.63, 3.8) is 0 Å². The Bertz CT molecular complexity index is 899. The summed E-state index contributed by atoms with van der Waals surface area (Å²) in [5, 5.41) is 1.17. The van der Waals surface area contributed by atoms with E-state index in [1.807, 2.05) is 85.0 Å². The van der Waals surface area contributed by atoms with Crippen LogP contribution in [0.2, 0.25) is 0 Å². The number of pyridine rings is 1. The van der Waals surface area contributed by atoms with E-state index in [9.17, 15) is 0 Å². The molecule has 1 heterocycles. The van der Waals surface area contributed by atoms with Crippen LogP contribution in [0, 0.1) is 0 Å². The highest BCUT2D eigenvalue weighted by atomic mass is 14.7. The molecule has 0 atom stereocenters. The molecule has 116 valence electrons. The molecule has 1 nitrogen and oxygen atoms in total. The number of benzene rings is 2. The van der Waals surface area contributed by atoms with Crippen LogP contribution in [0.3, 0.4) is 0 Å². The molecule has 0 aliphatic rings. The molecule has 0 aliphatic heterocycles. The summed E-state index contributed by atoms with van der Waals surface area (Å²) >= 11 is 0. The summed E-state index contributed by atoms with van der Waals surface area (Å²) in [6.07, 6.45) is 16.2. The van der Waals surface area contributed by atoms with Gasteiger partial charge in [0.05, 0.1) is 11.2 Å². The second-order valence-electron chi connectivity index (χ2n) is 5.33. The molecule has 0 saturated heterocycles. The number of hydrogen-bond acceptors (Lipinski definition) is 1. The van der Waals surface area contributed by atoms with E-state index in [0.29, 0.717) is 0 Å². The van der Waals surface area contributed by atoms with Gasteiger partial charge in [-0.3, -0.25) is 0 Å². The number of hydrogen-bond donors (Lipinski definition) is 0. The summed E-state index contributed by atoms with van der Waals surface area (Å²) in [5.41, 5.74) is 3.19. The zero-order valence-corrected chi connectivity index (χ0v) is 13.4. The van der Waals surface area contributed by atoms with Gasteiger partial charge in [0, 0.05) is 5.39 Å². The summed E-state index contributed by atoms with van der Waals surface area (Å²) in [7, 11) is 0. The predicted molar refractivity (Wildman–Crippen MR) is 105 cm³/mol. The minimum atomic E-state index is 0.964. The highest BCUT2D eigenvalue weighted by Crippen LogP contribution is 2.12. The third-order valence-corrected chi connectivity index (χ3v) is 3.53. The van der Waals surface area contributed by atoms with Crippen molar-refractivity contribution in [2.75, 3.05) is 0 Å². The van der Waals surface area contributed by atoms with Gasteiger partial charge in [0.2, 0.25) is 0 Å². The molecule has 0 aliphatic carbocycles. The SMILES string of the molecule is C(/C=C\c1ccc2ccccc2n1)=C/C=C/C=C/c1ccccc1. The van der Waals surface area contributed by atoms with E-state index in [1.54, 1.807) is 0 Å². The molecule has 0 fully saturated rings. The lowest BCUT2D eigenvalue weighted by Crippen LogP contribution is -1.81. The first-order valence-corrected chi connectivity index (χ1v) is 8.01. The molecule has 0 unspecified atom stereocenters. The van der Waals surface area contributed by atoms with Crippen molar-refractivity contribution >= 4 is 23.1 Å². The lowest BCUT2D eigenvalue weighted by Gasteiger charge is -1.97. The number of aromatic nitrogens is 1. The van der Waals surface area contributed by atoms with Crippen molar-refractivity contribution in [3.05, 3.63) is 114 Å². The Morgan fingerprint density at radius 2 is 1.21 bits per heavy atom. The summed E-state index contributed by atoms with van der Waals surface area (Å²) in [5.74, 6) is 0. The Morgan fingerprint density at radius 3 is 2.04 bits per heavy atom. The third-order valence-electron chi connectivity index (χ3n) is 3.53. The van der Waals surface area contributed by atoms with E-state index >= 15 is 0 Å². The normalized spacial score (nSPS) is 12.3. The largest absolute Gasteiger partial charge is 0.248 e. The van der Waals surface area contributed by atoms with Crippen LogP contribution in [0.1, 0.15) is 11.3 Å². The van der Waals surface area contributed by atoms with E-state index in [0.717, 1.165) is 11.2 Å². The van der Waals surface area contributed by atoms with Gasteiger partial charge >= 0.3 is 0 Å². The number of fused-ring (bicyclic) bond motifs is 1. The quantitative estimate of drug-likeness (QED) is 0.521. The standard InChI is InChI=1S/C23H19N/c1(3-6-12-20-13-7-5-8-14-20)2-4-9-16-22-19-18-21-15-10-11-17-23(21)24-22/h1-19H/b3-1+,4-2-,12-6+,16-9-. The first-order valence-electron chi connectivity index (χ1n) is 8.01. The van der Waals surface area contributed by atoms with E-state index in [2.05, 4.69) is 35.3 Å². The van der Waals surface area contributed by atoms with Crippen LogP contribution in [0.5, 0.6) is 0 Å². The van der Waals surface area contributed by atoms with Crippen molar-refractivity contribution in [1.82, 2.24) is 4.98 Å². The molecule has 3 rings (SSSR count). The van der Waals surface area contributed by atoms with Crippen molar-refractivity contribution in [2.24, 2.45) is 0 Å². The summed E-state index contributed by atoms with van der Waals surface area (Å²) in [4.78, 5) is 4.61. The number of rotatable bonds is 5. The average Bonchev–Trinajstić information content (AvgIpc) is 2.64. The fourth-order valence-corrected chi connectivity index (χ4v) is 2.32. The molecule has 1 aromatic heterocycles. The molecular formula is C23H19N. The lowest BCUT2D eigenvalue weighted by atomic mass is 10.2. The van der Waals surface area contributed by atoms with Crippen molar-refractivity contribution in [2.45, 2.75) is 0 Å². The number of allylic oxidation sites excluding steroid dienone is 6. The number of nitrogens with zero attached hydrogens (tertiary/aromatic N) is 1. The fourth-order valence-electron chi connectivity index (χ4n) is 2.32. The summed E-state index contributed by atoms with van der Waals surface area (Å²) in [6, 6.07) is 22.5. The molecule has 0 spiro atoms. The Balaban J connectivity index is 1.54. The van der Waals surface area contributed by atoms with Crippen molar-refractivity contribution in [3.8, 4) is 0 Å². The zero-order valence-electron chi connectivity index (χ0n) is 13.4. The zero-order chi connectivity index (χ0) is 16.5. The van der Waals surface area contributed by atoms with Crippen LogP contribution >= 0.6 is 0 Å². The molecule has 0 saturated carbocycles. The monoisotopic (exact) mass is 309 g/mol. The third kappa shape index (κ3) is 4.65. The van der Waals surface area contributed by atoms with Gasteiger partial charge in [0.1, 0.15) is 0 Å². The smallest absolute Gasteiger partial charge is 0.0709 e.